The molecule has 4 rings (SSSR count). The van der Waals surface area contributed by atoms with E-state index in [1.54, 1.807) is 0 Å². The molecule has 3 aromatic rings. The number of rotatable bonds is 2. The van der Waals surface area contributed by atoms with Crippen molar-refractivity contribution in [2.24, 2.45) is 0 Å². The minimum atomic E-state index is 0.869. The van der Waals surface area contributed by atoms with Crippen LogP contribution in [0.15, 0.2) is 12.1 Å². The van der Waals surface area contributed by atoms with E-state index in [4.69, 9.17) is 0 Å². The van der Waals surface area contributed by atoms with E-state index in [1.165, 1.54) is 11.1 Å². The fourth-order valence-corrected chi connectivity index (χ4v) is 3.48. The van der Waals surface area contributed by atoms with Crippen LogP contribution in [0, 0.1) is 27.7 Å². The monoisotopic (exact) mass is 308 g/mol. The maximum atomic E-state index is 4.57. The summed E-state index contributed by atoms with van der Waals surface area (Å²) in [4.78, 5) is 0. The first-order valence-electron chi connectivity index (χ1n) is 8.00. The molecule has 0 saturated carbocycles. The summed E-state index contributed by atoms with van der Waals surface area (Å²) >= 11 is 0. The van der Waals surface area contributed by atoms with E-state index in [-0.39, 0.29) is 0 Å². The van der Waals surface area contributed by atoms with Gasteiger partial charge in [0.05, 0.1) is 11.4 Å². The van der Waals surface area contributed by atoms with Gasteiger partial charge < -0.3 is 0 Å². The Balaban J connectivity index is 1.92. The van der Waals surface area contributed by atoms with Crippen LogP contribution in [0.1, 0.15) is 40.3 Å². The van der Waals surface area contributed by atoms with E-state index < -0.39 is 0 Å². The van der Waals surface area contributed by atoms with Gasteiger partial charge in [-0.15, -0.1) is 10.2 Å². The van der Waals surface area contributed by atoms with Crippen LogP contribution in [0.5, 0.6) is 0 Å². The molecule has 0 amide bonds. The summed E-state index contributed by atoms with van der Waals surface area (Å²) in [5.41, 5.74) is 6.69. The lowest BCUT2D eigenvalue weighted by Crippen LogP contribution is -2.13. The van der Waals surface area contributed by atoms with Crippen molar-refractivity contribution in [1.29, 1.82) is 0 Å². The Kier molecular flexibility index (Phi) is 3.07. The van der Waals surface area contributed by atoms with Gasteiger partial charge in [-0.1, -0.05) is 0 Å². The molecule has 6 heteroatoms. The van der Waals surface area contributed by atoms with Gasteiger partial charge in [0.2, 0.25) is 0 Å². The van der Waals surface area contributed by atoms with Crippen LogP contribution in [0.4, 0.5) is 0 Å². The fourth-order valence-electron chi connectivity index (χ4n) is 3.48. The third kappa shape index (κ3) is 2.17. The van der Waals surface area contributed by atoms with Gasteiger partial charge in [0, 0.05) is 22.5 Å². The second-order valence-corrected chi connectivity index (χ2v) is 6.34. The Hall–Kier alpha value is -2.50. The van der Waals surface area contributed by atoms with Crippen molar-refractivity contribution in [2.75, 3.05) is 0 Å². The van der Waals surface area contributed by atoms with E-state index in [0.29, 0.717) is 0 Å². The molecule has 1 aliphatic rings. The molecule has 6 nitrogen and oxygen atoms in total. The van der Waals surface area contributed by atoms with Crippen LogP contribution in [0.2, 0.25) is 0 Å². The maximum Gasteiger partial charge on any atom is 0.179 e. The summed E-state index contributed by atoms with van der Waals surface area (Å²) in [7, 11) is 0. The average Bonchev–Trinajstić information content (AvgIpc) is 3.17. The first kappa shape index (κ1) is 14.1. The van der Waals surface area contributed by atoms with E-state index in [9.17, 15) is 0 Å². The molecule has 1 aliphatic carbocycles. The third-order valence-corrected chi connectivity index (χ3v) is 4.42. The van der Waals surface area contributed by atoms with Gasteiger partial charge in [-0.2, -0.15) is 10.2 Å². The van der Waals surface area contributed by atoms with Crippen molar-refractivity contribution >= 4 is 0 Å². The quantitative estimate of drug-likeness (QED) is 0.730. The Labute approximate surface area is 135 Å². The predicted octanol–water partition coefficient (Wildman–Crippen LogP) is 2.57. The summed E-state index contributed by atoms with van der Waals surface area (Å²) in [6.45, 7) is 8.11. The Morgan fingerprint density at radius 3 is 1.52 bits per heavy atom. The van der Waals surface area contributed by atoms with Crippen LogP contribution >= 0.6 is 0 Å². The number of nitrogens with zero attached hydrogens (tertiary/aromatic N) is 6. The molecule has 23 heavy (non-hydrogen) atoms. The van der Waals surface area contributed by atoms with Crippen molar-refractivity contribution in [2.45, 2.75) is 47.0 Å². The van der Waals surface area contributed by atoms with Crippen LogP contribution in [0.25, 0.3) is 11.6 Å². The Morgan fingerprint density at radius 2 is 1.17 bits per heavy atom. The first-order valence-corrected chi connectivity index (χ1v) is 8.00. The van der Waals surface area contributed by atoms with Gasteiger partial charge >= 0.3 is 0 Å². The molecule has 0 radical (unpaired) electrons. The lowest BCUT2D eigenvalue weighted by molar-refractivity contribution is 0.731. The standard InChI is InChI=1S/C17H20N6/c1-10-8-12(3)22(20-10)16-14-6-5-7-15(14)17(19-18-16)23-13(4)9-11(2)21-23/h8-9H,5-7H2,1-4H3. The highest BCUT2D eigenvalue weighted by atomic mass is 15.4. The smallest absolute Gasteiger partial charge is 0.179 e. The Bertz CT molecular complexity index is 829. The average molecular weight is 308 g/mol. The molecule has 0 saturated heterocycles. The van der Waals surface area contributed by atoms with Gasteiger partial charge in [-0.05, 0) is 59.1 Å². The molecule has 3 aromatic heterocycles. The number of hydrogen-bond donors (Lipinski definition) is 0. The minimum absolute atomic E-state index is 0.869. The zero-order chi connectivity index (χ0) is 16.1. The minimum Gasteiger partial charge on any atom is -0.217 e. The number of aromatic nitrogens is 6. The molecule has 0 N–H and O–H groups in total. The van der Waals surface area contributed by atoms with E-state index in [1.807, 2.05) is 23.2 Å². The van der Waals surface area contributed by atoms with Crippen LogP contribution in [-0.4, -0.2) is 29.8 Å². The zero-order valence-corrected chi connectivity index (χ0v) is 14.0. The molecule has 0 aliphatic heterocycles. The molecule has 0 aromatic carbocycles. The van der Waals surface area contributed by atoms with Gasteiger partial charge in [0.1, 0.15) is 0 Å². The topological polar surface area (TPSA) is 61.4 Å². The third-order valence-electron chi connectivity index (χ3n) is 4.42. The normalized spacial score (nSPS) is 13.6. The lowest BCUT2D eigenvalue weighted by atomic mass is 10.1. The summed E-state index contributed by atoms with van der Waals surface area (Å²) in [5, 5.41) is 18.2. The fraction of sp³-hybridized carbons (Fsp3) is 0.412. The molecule has 118 valence electrons. The molecule has 0 spiro atoms. The summed E-state index contributed by atoms with van der Waals surface area (Å²) in [5.74, 6) is 1.74. The number of aryl methyl sites for hydroxylation is 4. The maximum absolute atomic E-state index is 4.57. The van der Waals surface area contributed by atoms with E-state index in [0.717, 1.165) is 53.7 Å². The molecule has 0 fully saturated rings. The van der Waals surface area contributed by atoms with E-state index in [2.05, 4.69) is 46.4 Å². The second-order valence-electron chi connectivity index (χ2n) is 6.34. The summed E-state index contributed by atoms with van der Waals surface area (Å²) in [6, 6.07) is 4.13. The van der Waals surface area contributed by atoms with Gasteiger partial charge in [0.25, 0.3) is 0 Å². The van der Waals surface area contributed by atoms with Crippen molar-refractivity contribution in [1.82, 2.24) is 29.8 Å². The molecule has 0 atom stereocenters. The molecular weight excluding hydrogens is 288 g/mol. The van der Waals surface area contributed by atoms with Crippen LogP contribution in [0.3, 0.4) is 0 Å². The Morgan fingerprint density at radius 1 is 0.739 bits per heavy atom. The molecule has 0 bridgehead atoms. The first-order chi connectivity index (χ1) is 11.0. The predicted molar refractivity (Wildman–Crippen MR) is 87.2 cm³/mol. The van der Waals surface area contributed by atoms with Crippen molar-refractivity contribution in [3.8, 4) is 11.6 Å². The molecule has 3 heterocycles. The highest BCUT2D eigenvalue weighted by Gasteiger charge is 2.25. The van der Waals surface area contributed by atoms with Crippen LogP contribution < -0.4 is 0 Å². The SMILES string of the molecule is Cc1cc(C)n(-c2nnc(-n3nc(C)cc3C)c3c2CCC3)n1. The van der Waals surface area contributed by atoms with Crippen molar-refractivity contribution in [3.05, 3.63) is 46.0 Å². The lowest BCUT2D eigenvalue weighted by Gasteiger charge is -2.12. The number of hydrogen-bond acceptors (Lipinski definition) is 4. The van der Waals surface area contributed by atoms with Gasteiger partial charge in [-0.3, -0.25) is 0 Å². The largest absolute Gasteiger partial charge is 0.217 e. The van der Waals surface area contributed by atoms with Gasteiger partial charge in [-0.25, -0.2) is 9.36 Å². The van der Waals surface area contributed by atoms with Gasteiger partial charge in [0.15, 0.2) is 11.6 Å². The summed E-state index contributed by atoms with van der Waals surface area (Å²) < 4.78 is 3.83. The van der Waals surface area contributed by atoms with Crippen molar-refractivity contribution < 1.29 is 0 Å². The molecule has 0 unspecified atom stereocenters. The highest BCUT2D eigenvalue weighted by Crippen LogP contribution is 2.30. The number of fused-ring (bicyclic) bond motifs is 1. The zero-order valence-electron chi connectivity index (χ0n) is 14.0. The second kappa shape index (κ2) is 5.01. The highest BCUT2D eigenvalue weighted by molar-refractivity contribution is 5.50. The van der Waals surface area contributed by atoms with Crippen LogP contribution in [-0.2, 0) is 12.8 Å². The van der Waals surface area contributed by atoms with Crippen molar-refractivity contribution in [3.63, 3.8) is 0 Å². The summed E-state index contributed by atoms with van der Waals surface area (Å²) in [6.07, 6.45) is 3.16. The van der Waals surface area contributed by atoms with E-state index >= 15 is 0 Å². The molecular formula is C17H20N6.